The molecule has 1 rings (SSSR count). The number of rotatable bonds is 5. The molecule has 0 spiro atoms. The molecule has 19 heavy (non-hydrogen) atoms. The zero-order valence-electron chi connectivity index (χ0n) is 9.77. The second-order valence-electron chi connectivity index (χ2n) is 3.65. The predicted molar refractivity (Wildman–Crippen MR) is 60.1 cm³/mol. The standard InChI is InChI=1S/C12H10F2N2O3/c13-8-2-3-9(10(14)6-8)12(19)16(5-1-4-15)7-11(17)18/h2-3,6H,1,5,7H2,(H,17,18). The summed E-state index contributed by atoms with van der Waals surface area (Å²) < 4.78 is 26.1. The number of carbonyl (C=O) groups excluding carboxylic acids is 1. The second-order valence-corrected chi connectivity index (χ2v) is 3.65. The van der Waals surface area contributed by atoms with E-state index >= 15 is 0 Å². The van der Waals surface area contributed by atoms with E-state index in [1.54, 1.807) is 6.07 Å². The van der Waals surface area contributed by atoms with Crippen molar-refractivity contribution in [3.63, 3.8) is 0 Å². The lowest BCUT2D eigenvalue weighted by molar-refractivity contribution is -0.137. The van der Waals surface area contributed by atoms with Crippen LogP contribution in [0.2, 0.25) is 0 Å². The number of amides is 1. The minimum absolute atomic E-state index is 0.0815. The van der Waals surface area contributed by atoms with Gasteiger partial charge >= 0.3 is 5.97 Å². The maximum absolute atomic E-state index is 13.4. The highest BCUT2D eigenvalue weighted by Crippen LogP contribution is 2.12. The van der Waals surface area contributed by atoms with E-state index in [2.05, 4.69) is 0 Å². The van der Waals surface area contributed by atoms with E-state index in [-0.39, 0.29) is 13.0 Å². The molecule has 0 aliphatic heterocycles. The van der Waals surface area contributed by atoms with Crippen molar-refractivity contribution in [2.45, 2.75) is 6.42 Å². The molecule has 0 unspecified atom stereocenters. The summed E-state index contributed by atoms with van der Waals surface area (Å²) in [5.74, 6) is -4.09. The van der Waals surface area contributed by atoms with Gasteiger partial charge in [-0.15, -0.1) is 0 Å². The molecule has 0 saturated heterocycles. The van der Waals surface area contributed by atoms with Gasteiger partial charge in [0.15, 0.2) is 0 Å². The number of nitriles is 1. The van der Waals surface area contributed by atoms with E-state index in [1.165, 1.54) is 0 Å². The van der Waals surface area contributed by atoms with Crippen LogP contribution >= 0.6 is 0 Å². The lowest BCUT2D eigenvalue weighted by Crippen LogP contribution is -2.36. The Kier molecular flexibility index (Phi) is 4.94. The zero-order chi connectivity index (χ0) is 14.4. The van der Waals surface area contributed by atoms with Crippen LogP contribution in [0.1, 0.15) is 16.8 Å². The molecule has 5 nitrogen and oxygen atoms in total. The van der Waals surface area contributed by atoms with Crippen LogP contribution in [0.5, 0.6) is 0 Å². The van der Waals surface area contributed by atoms with Crippen molar-refractivity contribution in [1.82, 2.24) is 4.90 Å². The minimum atomic E-state index is -1.28. The number of aliphatic carboxylic acids is 1. The van der Waals surface area contributed by atoms with Gasteiger partial charge in [0.1, 0.15) is 18.2 Å². The number of nitrogens with zero attached hydrogens (tertiary/aromatic N) is 2. The minimum Gasteiger partial charge on any atom is -0.480 e. The Labute approximate surface area is 107 Å². The summed E-state index contributed by atoms with van der Waals surface area (Å²) in [6.07, 6.45) is -0.0815. The van der Waals surface area contributed by atoms with Crippen LogP contribution in [0, 0.1) is 23.0 Å². The highest BCUT2D eigenvalue weighted by atomic mass is 19.1. The van der Waals surface area contributed by atoms with Crippen LogP contribution in [0.4, 0.5) is 8.78 Å². The molecule has 1 aromatic carbocycles. The van der Waals surface area contributed by atoms with E-state index in [0.29, 0.717) is 6.07 Å². The van der Waals surface area contributed by atoms with Crippen molar-refractivity contribution in [2.75, 3.05) is 13.1 Å². The lowest BCUT2D eigenvalue weighted by Gasteiger charge is -2.19. The summed E-state index contributed by atoms with van der Waals surface area (Å²) in [4.78, 5) is 23.3. The molecule has 0 aliphatic carbocycles. The molecule has 1 amide bonds. The fourth-order valence-corrected chi connectivity index (χ4v) is 1.43. The number of carboxylic acid groups (broad SMARTS) is 1. The van der Waals surface area contributed by atoms with Gasteiger partial charge in [0, 0.05) is 12.6 Å². The first-order valence-corrected chi connectivity index (χ1v) is 5.28. The Balaban J connectivity index is 2.97. The average molecular weight is 268 g/mol. The third-order valence-corrected chi connectivity index (χ3v) is 2.27. The Morgan fingerprint density at radius 3 is 2.58 bits per heavy atom. The second kappa shape index (κ2) is 6.44. The van der Waals surface area contributed by atoms with Gasteiger partial charge in [-0.3, -0.25) is 9.59 Å². The van der Waals surface area contributed by atoms with Gasteiger partial charge in [0.05, 0.1) is 18.1 Å². The first-order valence-electron chi connectivity index (χ1n) is 5.28. The summed E-state index contributed by atoms with van der Waals surface area (Å²) in [6, 6.07) is 4.14. The summed E-state index contributed by atoms with van der Waals surface area (Å²) in [6.45, 7) is -0.796. The van der Waals surface area contributed by atoms with Crippen molar-refractivity contribution >= 4 is 11.9 Å². The predicted octanol–water partition coefficient (Wildman–Crippen LogP) is 1.41. The molecule has 1 N–H and O–H groups in total. The first-order chi connectivity index (χ1) is 8.95. The number of halogens is 2. The van der Waals surface area contributed by atoms with Crippen molar-refractivity contribution in [3.8, 4) is 6.07 Å². The maximum atomic E-state index is 13.4. The molecule has 0 atom stereocenters. The molecule has 0 aliphatic rings. The average Bonchev–Trinajstić information content (AvgIpc) is 2.33. The monoisotopic (exact) mass is 268 g/mol. The largest absolute Gasteiger partial charge is 0.480 e. The van der Waals surface area contributed by atoms with E-state index in [0.717, 1.165) is 17.0 Å². The topological polar surface area (TPSA) is 81.4 Å². The summed E-state index contributed by atoms with van der Waals surface area (Å²) in [5.41, 5.74) is -0.430. The molecular weight excluding hydrogens is 258 g/mol. The zero-order valence-corrected chi connectivity index (χ0v) is 9.77. The van der Waals surface area contributed by atoms with Gasteiger partial charge in [0.2, 0.25) is 0 Å². The van der Waals surface area contributed by atoms with Crippen molar-refractivity contribution in [2.24, 2.45) is 0 Å². The molecular formula is C12H10F2N2O3. The van der Waals surface area contributed by atoms with E-state index < -0.39 is 35.6 Å². The quantitative estimate of drug-likeness (QED) is 0.875. The van der Waals surface area contributed by atoms with Crippen LogP contribution in [0.25, 0.3) is 0 Å². The van der Waals surface area contributed by atoms with Crippen LogP contribution < -0.4 is 0 Å². The molecule has 0 saturated carbocycles. The highest BCUT2D eigenvalue weighted by molar-refractivity contribution is 5.96. The maximum Gasteiger partial charge on any atom is 0.323 e. The van der Waals surface area contributed by atoms with E-state index in [4.69, 9.17) is 10.4 Å². The van der Waals surface area contributed by atoms with E-state index in [1.807, 2.05) is 0 Å². The van der Waals surface area contributed by atoms with Gasteiger partial charge < -0.3 is 10.0 Å². The Bertz CT molecular complexity index is 540. The molecule has 100 valence electrons. The molecule has 0 aromatic heterocycles. The number of hydrogen-bond donors (Lipinski definition) is 1. The molecule has 7 heteroatoms. The summed E-state index contributed by atoms with van der Waals surface area (Å²) in [5, 5.41) is 17.1. The van der Waals surface area contributed by atoms with Gasteiger partial charge in [-0.25, -0.2) is 8.78 Å². The molecule has 0 fully saturated rings. The molecule has 0 heterocycles. The third-order valence-electron chi connectivity index (χ3n) is 2.27. The lowest BCUT2D eigenvalue weighted by atomic mass is 10.1. The van der Waals surface area contributed by atoms with Crippen LogP contribution in [0.3, 0.4) is 0 Å². The normalized spacial score (nSPS) is 9.74. The van der Waals surface area contributed by atoms with Crippen LogP contribution in [-0.4, -0.2) is 35.0 Å². The van der Waals surface area contributed by atoms with Crippen LogP contribution in [0.15, 0.2) is 18.2 Å². The van der Waals surface area contributed by atoms with Crippen molar-refractivity contribution < 1.29 is 23.5 Å². The number of carboxylic acids is 1. The number of carbonyl (C=O) groups is 2. The van der Waals surface area contributed by atoms with Crippen LogP contribution in [-0.2, 0) is 4.79 Å². The smallest absolute Gasteiger partial charge is 0.323 e. The summed E-state index contributed by atoms with van der Waals surface area (Å²) in [7, 11) is 0. The first kappa shape index (κ1) is 14.6. The summed E-state index contributed by atoms with van der Waals surface area (Å²) >= 11 is 0. The van der Waals surface area contributed by atoms with Gasteiger partial charge in [-0.1, -0.05) is 0 Å². The molecule has 1 aromatic rings. The third kappa shape index (κ3) is 4.03. The van der Waals surface area contributed by atoms with Gasteiger partial charge in [-0.2, -0.15) is 5.26 Å². The Morgan fingerprint density at radius 1 is 1.37 bits per heavy atom. The van der Waals surface area contributed by atoms with Gasteiger partial charge in [0.25, 0.3) is 5.91 Å². The van der Waals surface area contributed by atoms with Crippen molar-refractivity contribution in [3.05, 3.63) is 35.4 Å². The van der Waals surface area contributed by atoms with Crippen molar-refractivity contribution in [1.29, 1.82) is 5.26 Å². The number of hydrogen-bond acceptors (Lipinski definition) is 3. The SMILES string of the molecule is N#CCCN(CC(=O)O)C(=O)c1ccc(F)cc1F. The molecule has 0 radical (unpaired) electrons. The highest BCUT2D eigenvalue weighted by Gasteiger charge is 2.21. The Hall–Kier alpha value is -2.49. The van der Waals surface area contributed by atoms with Gasteiger partial charge in [-0.05, 0) is 12.1 Å². The Morgan fingerprint density at radius 2 is 2.05 bits per heavy atom. The van der Waals surface area contributed by atoms with E-state index in [9.17, 15) is 18.4 Å². The fourth-order valence-electron chi connectivity index (χ4n) is 1.43. The number of benzene rings is 1. The molecule has 0 bridgehead atoms. The fraction of sp³-hybridized carbons (Fsp3) is 0.250.